The summed E-state index contributed by atoms with van der Waals surface area (Å²) < 4.78 is 120. The molecule has 5 N–H and O–H groups in total. The molecule has 0 atom stereocenters. The number of alkyl halides is 3. The van der Waals surface area contributed by atoms with Gasteiger partial charge in [-0.05, 0) is 36.3 Å². The smallest absolute Gasteiger partial charge is 0.416 e. The summed E-state index contributed by atoms with van der Waals surface area (Å²) in [6.45, 7) is 0. The fourth-order valence-electron chi connectivity index (χ4n) is 2.26. The number of rotatable bonds is 7. The van der Waals surface area contributed by atoms with E-state index < -0.39 is 82.8 Å². The van der Waals surface area contributed by atoms with Gasteiger partial charge in [-0.15, -0.1) is 5.10 Å². The van der Waals surface area contributed by atoms with Gasteiger partial charge in [0, 0.05) is 17.3 Å². The minimum atomic E-state index is -4.61. The number of nitrogens with one attached hydrogen (secondary N) is 1. The Morgan fingerprint density at radius 2 is 2.03 bits per heavy atom. The highest BCUT2D eigenvalue weighted by atomic mass is 19.4. The zero-order chi connectivity index (χ0) is 29.5. The van der Waals surface area contributed by atoms with Crippen molar-refractivity contribution in [2.45, 2.75) is 6.18 Å². The number of halogens is 3. The van der Waals surface area contributed by atoms with E-state index in [1.807, 2.05) is 0 Å². The van der Waals surface area contributed by atoms with Gasteiger partial charge in [-0.3, -0.25) is 0 Å². The van der Waals surface area contributed by atoms with Crippen LogP contribution in [0.2, 0.25) is 5.65 Å². The maximum absolute atomic E-state index is 13.0. The number of nitrogens with zero attached hydrogens (tertiary/aromatic N) is 4. The van der Waals surface area contributed by atoms with Crippen molar-refractivity contribution in [2.75, 3.05) is 16.8 Å². The molecular formula is C19H14F3N7O2. The zero-order valence-electron chi connectivity index (χ0n) is 23.9. The molecule has 0 bridgehead atoms. The predicted octanol–water partition coefficient (Wildman–Crippen LogP) is 4.25. The van der Waals surface area contributed by atoms with Gasteiger partial charge in [0.25, 0.3) is 0 Å². The number of anilines is 4. The highest BCUT2D eigenvalue weighted by molar-refractivity contribution is 5.59. The molecule has 9 nitrogen and oxygen atoms in total. The standard InChI is InChI=1S/C19H14F3N7O2/c20-19(21,22)11-4-2-5-12(8-11)25-18-29-28-16(31-18)10-3-1-6-13(7-10)30-15-9-14(23)26-17(24)27-15/h1-9H,(H,25,29)(H4,23,24,26,27)/i1D,3D,6D,7D,9D/hD4. The van der Waals surface area contributed by atoms with Crippen molar-refractivity contribution in [3.63, 3.8) is 0 Å². The molecule has 0 fully saturated rings. The molecule has 0 aliphatic carbocycles. The van der Waals surface area contributed by atoms with Crippen LogP contribution in [0.3, 0.4) is 0 Å². The van der Waals surface area contributed by atoms with E-state index in [0.29, 0.717) is 0 Å². The first-order valence-corrected chi connectivity index (χ1v) is 8.19. The van der Waals surface area contributed by atoms with Crippen LogP contribution in [0.25, 0.3) is 11.5 Å². The second-order valence-electron chi connectivity index (χ2n) is 5.70. The van der Waals surface area contributed by atoms with Gasteiger partial charge in [-0.2, -0.15) is 23.1 Å². The third kappa shape index (κ3) is 4.80. The largest absolute Gasteiger partial charge is 0.439 e. The third-order valence-electron chi connectivity index (χ3n) is 3.51. The lowest BCUT2D eigenvalue weighted by atomic mass is 10.2. The molecule has 2 heterocycles. The first-order valence-electron chi connectivity index (χ1n) is 12.5. The van der Waals surface area contributed by atoms with Crippen molar-refractivity contribution in [3.8, 4) is 23.1 Å². The number of hydrogen-bond donors (Lipinski definition) is 3. The average Bonchev–Trinajstić information content (AvgIpc) is 3.33. The minimum Gasteiger partial charge on any atom is -0.439 e. The van der Waals surface area contributed by atoms with Gasteiger partial charge in [0.2, 0.25) is 17.7 Å². The highest BCUT2D eigenvalue weighted by Crippen LogP contribution is 2.32. The Labute approximate surface area is 185 Å². The van der Waals surface area contributed by atoms with Crippen molar-refractivity contribution in [2.24, 2.45) is 0 Å². The fourth-order valence-corrected chi connectivity index (χ4v) is 2.26. The van der Waals surface area contributed by atoms with Crippen molar-refractivity contribution in [1.29, 1.82) is 0 Å². The van der Waals surface area contributed by atoms with Crippen LogP contribution in [0.5, 0.6) is 11.6 Å². The monoisotopic (exact) mass is 438 g/mol. The zero-order valence-corrected chi connectivity index (χ0v) is 14.9. The molecule has 158 valence electrons. The molecule has 12 heteroatoms. The van der Waals surface area contributed by atoms with E-state index in [-0.39, 0.29) is 17.1 Å². The Balaban J connectivity index is 1.75. The number of benzene rings is 2. The number of ether oxygens (including phenoxy) is 1. The molecule has 0 aliphatic rings. The number of nitrogens with two attached hydrogens (primary N) is 2. The van der Waals surface area contributed by atoms with Crippen molar-refractivity contribution < 1.29 is 34.8 Å². The topological polar surface area (TPSA) is 138 Å². The lowest BCUT2D eigenvalue weighted by Crippen LogP contribution is -2.05. The summed E-state index contributed by atoms with van der Waals surface area (Å²) in [5.74, 6) is -3.50. The molecule has 4 aromatic rings. The first kappa shape index (κ1) is 11.7. The van der Waals surface area contributed by atoms with E-state index in [0.717, 1.165) is 18.2 Å². The lowest BCUT2D eigenvalue weighted by Gasteiger charge is -2.08. The van der Waals surface area contributed by atoms with Crippen molar-refractivity contribution >= 4 is 23.5 Å². The maximum atomic E-state index is 13.0. The second kappa shape index (κ2) is 7.82. The van der Waals surface area contributed by atoms with Crippen molar-refractivity contribution in [1.82, 2.24) is 20.2 Å². The molecule has 0 spiro atoms. The van der Waals surface area contributed by atoms with Crippen LogP contribution in [-0.2, 0) is 6.18 Å². The SMILES string of the molecule is [2H]c1c(Oc2c([2H])c([2H])c([2H])c(-c3nnc(Nc4cccc(C(F)(F)F)c4)o3)c2[2H])nc(N([2H])[2H])nc1N([2H])[2H]. The Morgan fingerprint density at radius 3 is 2.84 bits per heavy atom. The van der Waals surface area contributed by atoms with Crippen LogP contribution in [0.1, 0.15) is 12.4 Å². The molecule has 0 unspecified atom stereocenters. The van der Waals surface area contributed by atoms with Gasteiger partial charge >= 0.3 is 12.2 Å². The van der Waals surface area contributed by atoms with Crippen LogP contribution in [-0.4, -0.2) is 20.2 Å². The van der Waals surface area contributed by atoms with Crippen LogP contribution in [0.15, 0.2) is 58.9 Å². The number of hydrogen-bond acceptors (Lipinski definition) is 9. The molecule has 0 saturated heterocycles. The summed E-state index contributed by atoms with van der Waals surface area (Å²) in [4.78, 5) is 7.17. The molecule has 2 aromatic heterocycles. The average molecular weight is 438 g/mol. The third-order valence-corrected chi connectivity index (χ3v) is 3.51. The van der Waals surface area contributed by atoms with E-state index in [4.69, 9.17) is 21.7 Å². The van der Waals surface area contributed by atoms with E-state index in [2.05, 4.69) is 25.5 Å². The van der Waals surface area contributed by atoms with Gasteiger partial charge in [0.15, 0.2) is 5.65 Å². The van der Waals surface area contributed by atoms with E-state index >= 15 is 0 Å². The van der Waals surface area contributed by atoms with E-state index in [1.165, 1.54) is 6.07 Å². The van der Waals surface area contributed by atoms with Gasteiger partial charge < -0.3 is 25.9 Å². The molecule has 0 radical (unpaired) electrons. The van der Waals surface area contributed by atoms with Gasteiger partial charge in [0.05, 0.1) is 12.4 Å². The van der Waals surface area contributed by atoms with Crippen LogP contribution >= 0.6 is 0 Å². The predicted molar refractivity (Wildman–Crippen MR) is 105 cm³/mol. The van der Waals surface area contributed by atoms with Gasteiger partial charge in [-0.25, -0.2) is 0 Å². The summed E-state index contributed by atoms with van der Waals surface area (Å²) in [7, 11) is 0. The summed E-state index contributed by atoms with van der Waals surface area (Å²) in [5.41, 5.74) is -1.74. The fraction of sp³-hybridized carbons (Fsp3) is 0.0526. The Kier molecular flexibility index (Phi) is 2.96. The molecule has 4 rings (SSSR count). The number of aromatic nitrogens is 4. The lowest BCUT2D eigenvalue weighted by molar-refractivity contribution is -0.137. The molecule has 31 heavy (non-hydrogen) atoms. The second-order valence-corrected chi connectivity index (χ2v) is 5.70. The minimum absolute atomic E-state index is 0.0667. The van der Waals surface area contributed by atoms with Crippen LogP contribution < -0.4 is 21.5 Å². The quantitative estimate of drug-likeness (QED) is 0.386. The Morgan fingerprint density at radius 1 is 1.13 bits per heavy atom. The Hall–Kier alpha value is -4.35. The van der Waals surface area contributed by atoms with Crippen LogP contribution in [0.4, 0.5) is 36.6 Å². The normalized spacial score (nSPS) is 15.1. The molecule has 0 amide bonds. The Bertz CT molecular complexity index is 1590. The van der Waals surface area contributed by atoms with Crippen LogP contribution in [0, 0.1) is 0 Å². The van der Waals surface area contributed by atoms with Gasteiger partial charge in [0.1, 0.15) is 11.6 Å². The highest BCUT2D eigenvalue weighted by Gasteiger charge is 2.30. The van der Waals surface area contributed by atoms with E-state index in [1.54, 1.807) is 0 Å². The summed E-state index contributed by atoms with van der Waals surface area (Å²) >= 11 is 0. The molecule has 2 aromatic carbocycles. The molecule has 0 aliphatic heterocycles. The maximum Gasteiger partial charge on any atom is 0.416 e. The number of nitrogen functional groups attached to an aromatic ring is 2. The van der Waals surface area contributed by atoms with Crippen molar-refractivity contribution in [3.05, 3.63) is 60.0 Å². The van der Waals surface area contributed by atoms with Gasteiger partial charge in [-0.1, -0.05) is 17.2 Å². The summed E-state index contributed by atoms with van der Waals surface area (Å²) in [6, 6.07) is -0.197. The summed E-state index contributed by atoms with van der Waals surface area (Å²) in [5, 5.41) is 9.77. The summed E-state index contributed by atoms with van der Waals surface area (Å²) in [6.07, 6.45) is -4.61. The van der Waals surface area contributed by atoms with E-state index in [9.17, 15) is 13.2 Å². The molecule has 0 saturated carbocycles. The first-order chi connectivity index (χ1) is 18.7. The molecular weight excluding hydrogens is 415 g/mol.